The molecule has 0 aliphatic carbocycles. The summed E-state index contributed by atoms with van der Waals surface area (Å²) in [4.78, 5) is 13.4. The predicted octanol–water partition coefficient (Wildman–Crippen LogP) is -0.247. The van der Waals surface area contributed by atoms with Gasteiger partial charge in [-0.15, -0.1) is 0 Å². The summed E-state index contributed by atoms with van der Waals surface area (Å²) < 4.78 is 0. The van der Waals surface area contributed by atoms with Crippen LogP contribution < -0.4 is 0 Å². The molecule has 0 saturated carbocycles. The van der Waals surface area contributed by atoms with Gasteiger partial charge in [0.1, 0.15) is 12.7 Å². The molecule has 0 saturated heterocycles. The number of nitrogens with zero attached hydrogens (tertiary/aromatic N) is 2. The van der Waals surface area contributed by atoms with Gasteiger partial charge in [-0.1, -0.05) is 0 Å². The number of aliphatic hydroxyl groups is 2. The maximum atomic E-state index is 10.4. The second kappa shape index (κ2) is 4.64. The van der Waals surface area contributed by atoms with Crippen LogP contribution in [0.5, 0.6) is 0 Å². The Morgan fingerprint density at radius 1 is 1.50 bits per heavy atom. The number of rotatable bonds is 4. The number of hydrogen-bond acceptors (Lipinski definition) is 5. The van der Waals surface area contributed by atoms with Crippen LogP contribution in [0, 0.1) is 10.1 Å². The van der Waals surface area contributed by atoms with Crippen molar-refractivity contribution in [3.8, 4) is 0 Å². The van der Waals surface area contributed by atoms with Crippen molar-refractivity contribution in [1.29, 1.82) is 0 Å². The minimum atomic E-state index is -1.39. The highest BCUT2D eigenvalue weighted by Gasteiger charge is 2.30. The molecule has 0 aliphatic rings. The molecular formula is C8H10N2O4. The fourth-order valence-electron chi connectivity index (χ4n) is 1.06. The number of aliphatic hydroxyl groups excluding tert-OH is 2. The third-order valence-electron chi connectivity index (χ3n) is 1.87. The molecular weight excluding hydrogens is 188 g/mol. The molecule has 6 nitrogen and oxygen atoms in total. The van der Waals surface area contributed by atoms with Gasteiger partial charge in [-0.25, -0.2) is 0 Å². The van der Waals surface area contributed by atoms with Gasteiger partial charge in [-0.2, -0.15) is 0 Å². The van der Waals surface area contributed by atoms with E-state index in [0.29, 0.717) is 5.56 Å². The topological polar surface area (TPSA) is 96.5 Å². The number of aromatic nitrogens is 1. The SMILES string of the molecule is O=[N+]([O-])C(CO)C(O)c1ccncc1. The molecule has 6 heteroatoms. The van der Waals surface area contributed by atoms with Crippen molar-refractivity contribution in [3.63, 3.8) is 0 Å². The van der Waals surface area contributed by atoms with Crippen molar-refractivity contribution < 1.29 is 15.1 Å². The van der Waals surface area contributed by atoms with Gasteiger partial charge < -0.3 is 10.2 Å². The lowest BCUT2D eigenvalue weighted by atomic mass is 10.1. The first kappa shape index (κ1) is 10.6. The summed E-state index contributed by atoms with van der Waals surface area (Å²) in [5.74, 6) is 0. The van der Waals surface area contributed by atoms with Gasteiger partial charge >= 0.3 is 0 Å². The van der Waals surface area contributed by atoms with E-state index in [1.807, 2.05) is 0 Å². The molecule has 0 aliphatic heterocycles. The molecule has 0 spiro atoms. The zero-order chi connectivity index (χ0) is 10.6. The lowest BCUT2D eigenvalue weighted by molar-refractivity contribution is -0.539. The first-order valence-electron chi connectivity index (χ1n) is 3.99. The molecule has 0 fully saturated rings. The molecule has 2 unspecified atom stereocenters. The van der Waals surface area contributed by atoms with Crippen LogP contribution in [0.4, 0.5) is 0 Å². The molecule has 14 heavy (non-hydrogen) atoms. The van der Waals surface area contributed by atoms with Crippen molar-refractivity contribution in [2.45, 2.75) is 12.1 Å². The van der Waals surface area contributed by atoms with Crippen LogP contribution in [-0.4, -0.2) is 32.8 Å². The second-order valence-electron chi connectivity index (χ2n) is 2.76. The maximum absolute atomic E-state index is 10.4. The van der Waals surface area contributed by atoms with E-state index in [1.165, 1.54) is 24.5 Å². The fraction of sp³-hybridized carbons (Fsp3) is 0.375. The summed E-state index contributed by atoms with van der Waals surface area (Å²) in [6.07, 6.45) is 1.54. The van der Waals surface area contributed by atoms with Crippen LogP contribution in [-0.2, 0) is 0 Å². The highest BCUT2D eigenvalue weighted by atomic mass is 16.6. The van der Waals surface area contributed by atoms with Crippen molar-refractivity contribution in [2.24, 2.45) is 0 Å². The van der Waals surface area contributed by atoms with Crippen molar-refractivity contribution >= 4 is 0 Å². The highest BCUT2D eigenvalue weighted by molar-refractivity contribution is 5.14. The molecule has 1 heterocycles. The Kier molecular flexibility index (Phi) is 3.49. The van der Waals surface area contributed by atoms with Gasteiger partial charge in [-0.3, -0.25) is 15.1 Å². The van der Waals surface area contributed by atoms with Crippen LogP contribution in [0.3, 0.4) is 0 Å². The second-order valence-corrected chi connectivity index (χ2v) is 2.76. The van der Waals surface area contributed by atoms with Gasteiger partial charge in [0, 0.05) is 17.3 Å². The normalized spacial score (nSPS) is 14.7. The Hall–Kier alpha value is -1.53. The Bertz CT molecular complexity index is 303. The largest absolute Gasteiger partial charge is 0.389 e. The van der Waals surface area contributed by atoms with Crippen LogP contribution in [0.1, 0.15) is 11.7 Å². The third kappa shape index (κ3) is 2.24. The van der Waals surface area contributed by atoms with Gasteiger partial charge in [-0.05, 0) is 17.7 Å². The quantitative estimate of drug-likeness (QED) is 0.513. The molecule has 0 aromatic carbocycles. The lowest BCUT2D eigenvalue weighted by Gasteiger charge is -2.13. The van der Waals surface area contributed by atoms with Gasteiger partial charge in [0.25, 0.3) is 6.04 Å². The van der Waals surface area contributed by atoms with E-state index in [2.05, 4.69) is 4.98 Å². The van der Waals surface area contributed by atoms with E-state index < -0.39 is 23.7 Å². The molecule has 1 aromatic heterocycles. The molecule has 2 N–H and O–H groups in total. The fourth-order valence-corrected chi connectivity index (χ4v) is 1.06. The first-order chi connectivity index (χ1) is 6.66. The Morgan fingerprint density at radius 2 is 2.07 bits per heavy atom. The first-order valence-corrected chi connectivity index (χ1v) is 3.99. The van der Waals surface area contributed by atoms with E-state index >= 15 is 0 Å². The molecule has 1 aromatic rings. The molecule has 0 radical (unpaired) electrons. The van der Waals surface area contributed by atoms with Crippen LogP contribution in [0.2, 0.25) is 0 Å². The van der Waals surface area contributed by atoms with E-state index in [4.69, 9.17) is 5.11 Å². The Morgan fingerprint density at radius 3 is 2.50 bits per heavy atom. The Labute approximate surface area is 80.0 Å². The van der Waals surface area contributed by atoms with E-state index in [-0.39, 0.29) is 0 Å². The zero-order valence-electron chi connectivity index (χ0n) is 7.28. The number of nitro groups is 1. The van der Waals surface area contributed by atoms with Crippen LogP contribution in [0.15, 0.2) is 24.5 Å². The van der Waals surface area contributed by atoms with Crippen LogP contribution >= 0.6 is 0 Å². The monoisotopic (exact) mass is 198 g/mol. The van der Waals surface area contributed by atoms with Crippen LogP contribution in [0.25, 0.3) is 0 Å². The third-order valence-corrected chi connectivity index (χ3v) is 1.87. The summed E-state index contributed by atoms with van der Waals surface area (Å²) in [6, 6.07) is 1.55. The summed E-state index contributed by atoms with van der Waals surface area (Å²) >= 11 is 0. The average molecular weight is 198 g/mol. The predicted molar refractivity (Wildman–Crippen MR) is 47.1 cm³/mol. The van der Waals surface area contributed by atoms with Gasteiger partial charge in [0.2, 0.25) is 0 Å². The number of hydrogen-bond donors (Lipinski definition) is 2. The van der Waals surface area contributed by atoms with Crippen molar-refractivity contribution in [3.05, 3.63) is 40.2 Å². The van der Waals surface area contributed by atoms with Crippen molar-refractivity contribution in [1.82, 2.24) is 4.98 Å². The van der Waals surface area contributed by atoms with Crippen molar-refractivity contribution in [2.75, 3.05) is 6.61 Å². The van der Waals surface area contributed by atoms with E-state index in [0.717, 1.165) is 0 Å². The smallest absolute Gasteiger partial charge is 0.265 e. The summed E-state index contributed by atoms with van der Waals surface area (Å²) in [6.45, 7) is -0.698. The molecule has 2 atom stereocenters. The molecule has 0 amide bonds. The van der Waals surface area contributed by atoms with Gasteiger partial charge in [0.05, 0.1) is 0 Å². The number of pyridine rings is 1. The summed E-state index contributed by atoms with van der Waals surface area (Å²) in [5.41, 5.74) is 0.371. The summed E-state index contributed by atoms with van der Waals surface area (Å²) in [5, 5.41) is 28.6. The minimum Gasteiger partial charge on any atom is -0.389 e. The maximum Gasteiger partial charge on any atom is 0.265 e. The lowest BCUT2D eigenvalue weighted by Crippen LogP contribution is -2.31. The average Bonchev–Trinajstić information content (AvgIpc) is 2.19. The summed E-state index contributed by atoms with van der Waals surface area (Å²) in [7, 11) is 0. The molecule has 76 valence electrons. The zero-order valence-corrected chi connectivity index (χ0v) is 7.28. The minimum absolute atomic E-state index is 0.371. The Balaban J connectivity index is 2.83. The molecule has 1 rings (SSSR count). The van der Waals surface area contributed by atoms with E-state index in [1.54, 1.807) is 0 Å². The highest BCUT2D eigenvalue weighted by Crippen LogP contribution is 2.17. The molecule has 0 bridgehead atoms. The van der Waals surface area contributed by atoms with Gasteiger partial charge in [0.15, 0.2) is 0 Å². The van der Waals surface area contributed by atoms with E-state index in [9.17, 15) is 15.2 Å². The standard InChI is InChI=1S/C8H10N2O4/c11-5-7(10(13)14)8(12)6-1-3-9-4-2-6/h1-4,7-8,11-12H,5H2.